The molecule has 0 bridgehead atoms. The van der Waals surface area contributed by atoms with E-state index < -0.39 is 34.8 Å². The molecular weight excluding hydrogens is 605 g/mol. The standard InChI is InChI=1S/C30H36ClF3N4O6/c1-19-21(6-5-7-23(19)31)16-35-26(41)29(18-43-37-25(40)20-8-10-22(11-9-20)30(32,33)34)12-14-38(15-13-29)24(39)17-36-27(42)44-28(2,3)4/h5-11H,12-18H2,1-4H3,(H,35,41)(H,36,42)(H,37,40). The normalized spacial score (nSPS) is 14.9. The van der Waals surface area contributed by atoms with E-state index in [2.05, 4.69) is 16.1 Å². The second kappa shape index (κ2) is 14.3. The SMILES string of the molecule is Cc1c(Cl)cccc1CNC(=O)C1(CONC(=O)c2ccc(C(F)(F)F)cc2)CCN(C(=O)CNC(=O)OC(C)(C)C)CC1. The molecule has 4 amide bonds. The number of ether oxygens (including phenoxy) is 1. The van der Waals surface area contributed by atoms with Crippen LogP contribution >= 0.6 is 11.6 Å². The number of hydrogen-bond donors (Lipinski definition) is 3. The third-order valence-electron chi connectivity index (χ3n) is 7.14. The zero-order valence-electron chi connectivity index (χ0n) is 24.9. The third kappa shape index (κ3) is 9.58. The molecule has 44 heavy (non-hydrogen) atoms. The van der Waals surface area contributed by atoms with E-state index in [0.717, 1.165) is 35.4 Å². The van der Waals surface area contributed by atoms with Gasteiger partial charge in [0.05, 0.1) is 17.6 Å². The molecule has 0 radical (unpaired) electrons. The number of benzene rings is 2. The molecule has 1 saturated heterocycles. The number of piperidine rings is 1. The number of likely N-dealkylation sites (tertiary alicyclic amines) is 1. The Morgan fingerprint density at radius 3 is 2.20 bits per heavy atom. The first-order valence-corrected chi connectivity index (χ1v) is 14.2. The fraction of sp³-hybridized carbons (Fsp3) is 0.467. The molecule has 2 aromatic rings. The number of carbonyl (C=O) groups is 4. The molecule has 1 aliphatic rings. The van der Waals surface area contributed by atoms with Gasteiger partial charge in [-0.15, -0.1) is 0 Å². The molecule has 1 aliphatic heterocycles. The van der Waals surface area contributed by atoms with E-state index in [1.807, 2.05) is 13.0 Å². The van der Waals surface area contributed by atoms with Crippen LogP contribution in [0, 0.1) is 12.3 Å². The number of halogens is 4. The van der Waals surface area contributed by atoms with Crippen LogP contribution in [0.5, 0.6) is 0 Å². The second-order valence-corrected chi connectivity index (χ2v) is 11.9. The number of alkyl carbamates (subject to hydrolysis) is 1. The van der Waals surface area contributed by atoms with E-state index >= 15 is 0 Å². The topological polar surface area (TPSA) is 126 Å². The third-order valence-corrected chi connectivity index (χ3v) is 7.55. The van der Waals surface area contributed by atoms with Crippen LogP contribution in [-0.2, 0) is 31.9 Å². The maximum atomic E-state index is 13.6. The van der Waals surface area contributed by atoms with Crippen molar-refractivity contribution < 1.29 is 41.9 Å². The zero-order valence-corrected chi connectivity index (χ0v) is 25.7. The van der Waals surface area contributed by atoms with E-state index in [-0.39, 0.29) is 63.0 Å². The number of hydrogen-bond acceptors (Lipinski definition) is 6. The van der Waals surface area contributed by atoms with Crippen molar-refractivity contribution in [2.75, 3.05) is 26.2 Å². The van der Waals surface area contributed by atoms with Gasteiger partial charge in [-0.2, -0.15) is 13.2 Å². The van der Waals surface area contributed by atoms with Crippen LogP contribution in [0.15, 0.2) is 42.5 Å². The highest BCUT2D eigenvalue weighted by Gasteiger charge is 2.43. The van der Waals surface area contributed by atoms with Crippen molar-refractivity contribution in [2.24, 2.45) is 5.41 Å². The molecule has 14 heteroatoms. The van der Waals surface area contributed by atoms with Gasteiger partial charge in [-0.05, 0) is 82.0 Å². The lowest BCUT2D eigenvalue weighted by molar-refractivity contribution is -0.146. The van der Waals surface area contributed by atoms with E-state index in [0.29, 0.717) is 5.02 Å². The molecule has 0 aliphatic carbocycles. The molecule has 1 fully saturated rings. The quantitative estimate of drug-likeness (QED) is 0.339. The molecule has 0 aromatic heterocycles. The lowest BCUT2D eigenvalue weighted by atomic mass is 9.78. The molecule has 10 nitrogen and oxygen atoms in total. The number of alkyl halides is 3. The fourth-order valence-electron chi connectivity index (χ4n) is 4.51. The molecule has 3 rings (SSSR count). The minimum absolute atomic E-state index is 0.0640. The Balaban J connectivity index is 1.65. The van der Waals surface area contributed by atoms with Crippen LogP contribution in [0.4, 0.5) is 18.0 Å². The minimum Gasteiger partial charge on any atom is -0.444 e. The number of rotatable bonds is 9. The van der Waals surface area contributed by atoms with E-state index in [1.54, 1.807) is 32.9 Å². The highest BCUT2D eigenvalue weighted by molar-refractivity contribution is 6.31. The molecule has 0 unspecified atom stereocenters. The van der Waals surface area contributed by atoms with Gasteiger partial charge in [0.1, 0.15) is 12.1 Å². The predicted octanol–water partition coefficient (Wildman–Crippen LogP) is 4.78. The first-order valence-electron chi connectivity index (χ1n) is 13.9. The van der Waals surface area contributed by atoms with Crippen LogP contribution in [-0.4, -0.2) is 60.6 Å². The van der Waals surface area contributed by atoms with Crippen molar-refractivity contribution in [3.8, 4) is 0 Å². The predicted molar refractivity (Wildman–Crippen MR) is 155 cm³/mol. The molecule has 240 valence electrons. The Bertz CT molecular complexity index is 1350. The summed E-state index contributed by atoms with van der Waals surface area (Å²) in [5, 5.41) is 5.87. The summed E-state index contributed by atoms with van der Waals surface area (Å²) in [5.74, 6) is -1.53. The maximum Gasteiger partial charge on any atom is 0.416 e. The smallest absolute Gasteiger partial charge is 0.416 e. The largest absolute Gasteiger partial charge is 0.444 e. The number of carbonyl (C=O) groups excluding carboxylic acids is 4. The van der Waals surface area contributed by atoms with Crippen molar-refractivity contribution in [3.05, 3.63) is 69.7 Å². The average molecular weight is 641 g/mol. The van der Waals surface area contributed by atoms with Gasteiger partial charge < -0.3 is 20.3 Å². The first kappa shape index (κ1) is 34.6. The second-order valence-electron chi connectivity index (χ2n) is 11.5. The number of nitrogens with zero attached hydrogens (tertiary/aromatic N) is 1. The van der Waals surface area contributed by atoms with Gasteiger partial charge in [-0.25, -0.2) is 10.3 Å². The number of hydroxylamine groups is 1. The highest BCUT2D eigenvalue weighted by Crippen LogP contribution is 2.33. The Hall–Kier alpha value is -3.84. The summed E-state index contributed by atoms with van der Waals surface area (Å²) >= 11 is 6.21. The van der Waals surface area contributed by atoms with Crippen LogP contribution in [0.1, 0.15) is 60.7 Å². The lowest BCUT2D eigenvalue weighted by Crippen LogP contribution is -2.54. The molecule has 0 saturated carbocycles. The highest BCUT2D eigenvalue weighted by atomic mass is 35.5. The Morgan fingerprint density at radius 2 is 1.61 bits per heavy atom. The van der Waals surface area contributed by atoms with Gasteiger partial charge in [0.25, 0.3) is 5.91 Å². The van der Waals surface area contributed by atoms with Gasteiger partial charge in [0.15, 0.2) is 0 Å². The summed E-state index contributed by atoms with van der Waals surface area (Å²) in [7, 11) is 0. The van der Waals surface area contributed by atoms with Crippen LogP contribution in [0.3, 0.4) is 0 Å². The van der Waals surface area contributed by atoms with Gasteiger partial charge in [0, 0.05) is 30.2 Å². The van der Waals surface area contributed by atoms with Gasteiger partial charge in [0.2, 0.25) is 11.8 Å². The van der Waals surface area contributed by atoms with Crippen molar-refractivity contribution in [1.82, 2.24) is 21.0 Å². The zero-order chi connectivity index (χ0) is 32.7. The summed E-state index contributed by atoms with van der Waals surface area (Å²) < 4.78 is 43.7. The Labute approximate surface area is 258 Å². The molecule has 1 heterocycles. The Morgan fingerprint density at radius 1 is 0.977 bits per heavy atom. The van der Waals surface area contributed by atoms with Crippen molar-refractivity contribution in [3.63, 3.8) is 0 Å². The van der Waals surface area contributed by atoms with E-state index in [4.69, 9.17) is 21.2 Å². The molecule has 3 N–H and O–H groups in total. The van der Waals surface area contributed by atoms with Crippen LogP contribution in [0.25, 0.3) is 0 Å². The summed E-state index contributed by atoms with van der Waals surface area (Å²) in [6.07, 6.45) is -4.94. The average Bonchev–Trinajstić information content (AvgIpc) is 2.95. The summed E-state index contributed by atoms with van der Waals surface area (Å²) in [6, 6.07) is 8.94. The van der Waals surface area contributed by atoms with Gasteiger partial charge >= 0.3 is 12.3 Å². The van der Waals surface area contributed by atoms with E-state index in [1.165, 1.54) is 4.90 Å². The van der Waals surface area contributed by atoms with Crippen molar-refractivity contribution in [1.29, 1.82) is 0 Å². The monoisotopic (exact) mass is 640 g/mol. The molecule has 0 spiro atoms. The maximum absolute atomic E-state index is 13.6. The van der Waals surface area contributed by atoms with Gasteiger partial charge in [-0.1, -0.05) is 23.7 Å². The van der Waals surface area contributed by atoms with Crippen LogP contribution < -0.4 is 16.1 Å². The first-order chi connectivity index (χ1) is 20.5. The number of nitrogens with one attached hydrogen (secondary N) is 3. The summed E-state index contributed by atoms with van der Waals surface area (Å²) in [5.41, 5.74) is 0.964. The minimum atomic E-state index is -4.54. The van der Waals surface area contributed by atoms with Crippen molar-refractivity contribution >= 4 is 35.4 Å². The van der Waals surface area contributed by atoms with E-state index in [9.17, 15) is 32.3 Å². The lowest BCUT2D eigenvalue weighted by Gasteiger charge is -2.40. The van der Waals surface area contributed by atoms with Crippen molar-refractivity contribution in [2.45, 2.75) is 58.9 Å². The fourth-order valence-corrected chi connectivity index (χ4v) is 4.70. The van der Waals surface area contributed by atoms with Crippen LogP contribution in [0.2, 0.25) is 5.02 Å². The molecule has 2 aromatic carbocycles. The molecular formula is C30H36ClF3N4O6. The summed E-state index contributed by atoms with van der Waals surface area (Å²) in [4.78, 5) is 57.8. The van der Waals surface area contributed by atoms with Gasteiger partial charge in [-0.3, -0.25) is 19.2 Å². The number of amides is 4. The Kier molecular flexibility index (Phi) is 11.3. The summed E-state index contributed by atoms with van der Waals surface area (Å²) in [6.45, 7) is 6.87. The molecule has 0 atom stereocenters.